The van der Waals surface area contributed by atoms with Crippen LogP contribution >= 0.6 is 0 Å². The molecule has 1 aliphatic rings. The van der Waals surface area contributed by atoms with Crippen LogP contribution in [0.1, 0.15) is 34.5 Å². The molecule has 1 aliphatic carbocycles. The molecule has 0 bridgehead atoms. The second kappa shape index (κ2) is 5.00. The van der Waals surface area contributed by atoms with Gasteiger partial charge in [0.1, 0.15) is 11.4 Å². The molecule has 0 saturated heterocycles. The van der Waals surface area contributed by atoms with Gasteiger partial charge in [0.2, 0.25) is 5.76 Å². The van der Waals surface area contributed by atoms with Crippen LogP contribution in [-0.4, -0.2) is 23.3 Å². The molecular formula is C15H15NO4. The minimum atomic E-state index is -1.12. The first kappa shape index (κ1) is 12.7. The molecule has 20 heavy (non-hydrogen) atoms. The summed E-state index contributed by atoms with van der Waals surface area (Å²) in [5, 5.41) is 12.7. The van der Waals surface area contributed by atoms with Crippen LogP contribution in [0, 0.1) is 0 Å². The van der Waals surface area contributed by atoms with Gasteiger partial charge in [-0.3, -0.25) is 0 Å². The van der Waals surface area contributed by atoms with E-state index in [0.29, 0.717) is 5.69 Å². The zero-order chi connectivity index (χ0) is 14.1. The Labute approximate surface area is 116 Å². The highest BCUT2D eigenvalue weighted by Gasteiger charge is 2.21. The number of aromatic nitrogens is 1. The first-order chi connectivity index (χ1) is 9.70. The fraction of sp³-hybridized carbons (Fsp3) is 0.333. The highest BCUT2D eigenvalue weighted by atomic mass is 16.5. The van der Waals surface area contributed by atoms with E-state index in [9.17, 15) is 4.79 Å². The molecule has 0 spiro atoms. The highest BCUT2D eigenvalue weighted by Crippen LogP contribution is 2.38. The maximum absolute atomic E-state index is 10.9. The molecule has 0 aliphatic heterocycles. The van der Waals surface area contributed by atoms with Gasteiger partial charge in [-0.2, -0.15) is 0 Å². The molecule has 1 N–H and O–H groups in total. The van der Waals surface area contributed by atoms with Crippen LogP contribution in [0.5, 0.6) is 5.75 Å². The predicted octanol–water partition coefficient (Wildman–Crippen LogP) is 2.93. The summed E-state index contributed by atoms with van der Waals surface area (Å²) in [7, 11) is 1.63. The van der Waals surface area contributed by atoms with E-state index >= 15 is 0 Å². The van der Waals surface area contributed by atoms with Crippen molar-refractivity contribution in [3.63, 3.8) is 0 Å². The van der Waals surface area contributed by atoms with Crippen molar-refractivity contribution in [1.29, 1.82) is 0 Å². The zero-order valence-corrected chi connectivity index (χ0v) is 11.2. The summed E-state index contributed by atoms with van der Waals surface area (Å²) >= 11 is 0. The monoisotopic (exact) mass is 273 g/mol. The van der Waals surface area contributed by atoms with Gasteiger partial charge >= 0.3 is 5.97 Å². The van der Waals surface area contributed by atoms with Crippen LogP contribution in [0.15, 0.2) is 22.7 Å². The lowest BCUT2D eigenvalue weighted by molar-refractivity contribution is 0.0652. The van der Waals surface area contributed by atoms with Crippen molar-refractivity contribution in [3.8, 4) is 17.0 Å². The van der Waals surface area contributed by atoms with E-state index in [2.05, 4.69) is 11.2 Å². The van der Waals surface area contributed by atoms with Gasteiger partial charge < -0.3 is 14.4 Å². The third-order valence-corrected chi connectivity index (χ3v) is 3.68. The van der Waals surface area contributed by atoms with Crippen molar-refractivity contribution >= 4 is 5.97 Å². The quantitative estimate of drug-likeness (QED) is 0.930. The zero-order valence-electron chi connectivity index (χ0n) is 11.2. The molecule has 0 amide bonds. The standard InChI is InChI=1S/C15H15NO4/c1-19-14-10-5-3-2-4-9(10)6-7-11(14)12-8-13(15(17)18)20-16-12/h6-8H,2-5H2,1H3,(H,17,18). The lowest BCUT2D eigenvalue weighted by Gasteiger charge is -2.20. The fourth-order valence-corrected chi connectivity index (χ4v) is 2.73. The Hall–Kier alpha value is -2.30. The number of nitrogens with zero attached hydrogens (tertiary/aromatic N) is 1. The summed E-state index contributed by atoms with van der Waals surface area (Å²) in [6.45, 7) is 0. The summed E-state index contributed by atoms with van der Waals surface area (Å²) in [4.78, 5) is 10.9. The van der Waals surface area contributed by atoms with Gasteiger partial charge in [-0.1, -0.05) is 11.2 Å². The number of hydrogen-bond acceptors (Lipinski definition) is 4. The summed E-state index contributed by atoms with van der Waals surface area (Å²) in [6, 6.07) is 5.42. The fourth-order valence-electron chi connectivity index (χ4n) is 2.73. The van der Waals surface area contributed by atoms with Crippen molar-refractivity contribution in [2.75, 3.05) is 7.11 Å². The van der Waals surface area contributed by atoms with Crippen molar-refractivity contribution in [2.45, 2.75) is 25.7 Å². The van der Waals surface area contributed by atoms with E-state index in [-0.39, 0.29) is 5.76 Å². The molecule has 0 radical (unpaired) electrons. The highest BCUT2D eigenvalue weighted by molar-refractivity contribution is 5.86. The van der Waals surface area contributed by atoms with Crippen molar-refractivity contribution in [3.05, 3.63) is 35.1 Å². The number of benzene rings is 1. The normalized spacial score (nSPS) is 13.8. The van der Waals surface area contributed by atoms with Gasteiger partial charge in [-0.05, 0) is 42.9 Å². The third kappa shape index (κ3) is 2.05. The van der Waals surface area contributed by atoms with E-state index in [1.807, 2.05) is 6.07 Å². The Morgan fingerprint density at radius 1 is 1.35 bits per heavy atom. The number of fused-ring (bicyclic) bond motifs is 1. The molecule has 0 fully saturated rings. The SMILES string of the molecule is COc1c(-c2cc(C(=O)O)on2)ccc2c1CCCC2. The van der Waals surface area contributed by atoms with E-state index in [0.717, 1.165) is 30.6 Å². The molecule has 1 aromatic carbocycles. The second-order valence-electron chi connectivity index (χ2n) is 4.87. The van der Waals surface area contributed by atoms with Gasteiger partial charge in [0.15, 0.2) is 0 Å². The van der Waals surface area contributed by atoms with E-state index in [4.69, 9.17) is 14.4 Å². The van der Waals surface area contributed by atoms with Crippen LogP contribution in [0.3, 0.4) is 0 Å². The molecule has 5 heteroatoms. The van der Waals surface area contributed by atoms with Crippen LogP contribution in [0.2, 0.25) is 0 Å². The van der Waals surface area contributed by atoms with Gasteiger partial charge in [0, 0.05) is 11.6 Å². The number of aromatic carboxylic acids is 1. The number of carbonyl (C=O) groups is 1. The molecule has 104 valence electrons. The van der Waals surface area contributed by atoms with E-state index in [1.54, 1.807) is 7.11 Å². The van der Waals surface area contributed by atoms with Gasteiger partial charge in [-0.15, -0.1) is 0 Å². The molecular weight excluding hydrogens is 258 g/mol. The minimum absolute atomic E-state index is 0.167. The number of ether oxygens (including phenoxy) is 1. The first-order valence-corrected chi connectivity index (χ1v) is 6.60. The molecule has 5 nitrogen and oxygen atoms in total. The average molecular weight is 273 g/mol. The van der Waals surface area contributed by atoms with E-state index in [1.165, 1.54) is 23.6 Å². The number of carboxylic acids is 1. The maximum Gasteiger partial charge on any atom is 0.374 e. The number of methoxy groups -OCH3 is 1. The Morgan fingerprint density at radius 2 is 2.15 bits per heavy atom. The molecule has 0 atom stereocenters. The van der Waals surface area contributed by atoms with E-state index < -0.39 is 5.97 Å². The summed E-state index contributed by atoms with van der Waals surface area (Å²) < 4.78 is 10.4. The van der Waals surface area contributed by atoms with Gasteiger partial charge in [-0.25, -0.2) is 4.79 Å². The summed E-state index contributed by atoms with van der Waals surface area (Å²) in [5.41, 5.74) is 3.78. The topological polar surface area (TPSA) is 72.6 Å². The maximum atomic E-state index is 10.9. The third-order valence-electron chi connectivity index (χ3n) is 3.68. The van der Waals surface area contributed by atoms with Crippen molar-refractivity contribution < 1.29 is 19.2 Å². The summed E-state index contributed by atoms with van der Waals surface area (Å²) in [5.74, 6) is -0.507. The van der Waals surface area contributed by atoms with Crippen LogP contribution in [-0.2, 0) is 12.8 Å². The Kier molecular flexibility index (Phi) is 3.18. The van der Waals surface area contributed by atoms with Gasteiger partial charge in [0.25, 0.3) is 0 Å². The molecule has 1 heterocycles. The first-order valence-electron chi connectivity index (χ1n) is 6.60. The Balaban J connectivity index is 2.10. The molecule has 0 saturated carbocycles. The Morgan fingerprint density at radius 3 is 2.85 bits per heavy atom. The number of carboxylic acid groups (broad SMARTS) is 1. The molecule has 3 rings (SSSR count). The minimum Gasteiger partial charge on any atom is -0.496 e. The number of hydrogen-bond donors (Lipinski definition) is 1. The largest absolute Gasteiger partial charge is 0.496 e. The molecule has 2 aromatic rings. The molecule has 1 aromatic heterocycles. The second-order valence-corrected chi connectivity index (χ2v) is 4.87. The number of aryl methyl sites for hydroxylation is 1. The van der Waals surface area contributed by atoms with Crippen molar-refractivity contribution in [2.24, 2.45) is 0 Å². The smallest absolute Gasteiger partial charge is 0.374 e. The lowest BCUT2D eigenvalue weighted by atomic mass is 9.88. The summed E-state index contributed by atoms with van der Waals surface area (Å²) in [6.07, 6.45) is 4.38. The Bertz CT molecular complexity index is 660. The molecule has 0 unspecified atom stereocenters. The van der Waals surface area contributed by atoms with Gasteiger partial charge in [0.05, 0.1) is 7.11 Å². The van der Waals surface area contributed by atoms with Crippen molar-refractivity contribution in [1.82, 2.24) is 5.16 Å². The lowest BCUT2D eigenvalue weighted by Crippen LogP contribution is -2.06. The van der Waals surface area contributed by atoms with Crippen LogP contribution in [0.25, 0.3) is 11.3 Å². The number of rotatable bonds is 3. The van der Waals surface area contributed by atoms with Crippen LogP contribution < -0.4 is 4.74 Å². The average Bonchev–Trinajstić information content (AvgIpc) is 2.95. The predicted molar refractivity (Wildman–Crippen MR) is 72.1 cm³/mol. The van der Waals surface area contributed by atoms with Crippen LogP contribution in [0.4, 0.5) is 0 Å².